The number of anilines is 1. The van der Waals surface area contributed by atoms with Crippen LogP contribution in [0.2, 0.25) is 0 Å². The molecule has 0 bridgehead atoms. The van der Waals surface area contributed by atoms with Crippen LogP contribution in [0.15, 0.2) is 47.2 Å². The Kier molecular flexibility index (Phi) is 5.12. The maximum Gasteiger partial charge on any atom is 0.239 e. The van der Waals surface area contributed by atoms with Crippen LogP contribution >= 0.6 is 15.9 Å². The van der Waals surface area contributed by atoms with Gasteiger partial charge >= 0.3 is 0 Å². The van der Waals surface area contributed by atoms with Crippen LogP contribution in [0.5, 0.6) is 0 Å². The summed E-state index contributed by atoms with van der Waals surface area (Å²) in [5.74, 6) is -0.0504. The van der Waals surface area contributed by atoms with Crippen LogP contribution in [0.4, 0.5) is 5.69 Å². The average molecular weight is 334 g/mol. The van der Waals surface area contributed by atoms with Crippen LogP contribution in [-0.4, -0.2) is 17.4 Å². The van der Waals surface area contributed by atoms with Crippen LogP contribution in [0.25, 0.3) is 0 Å². The van der Waals surface area contributed by atoms with Crippen molar-refractivity contribution in [1.82, 2.24) is 10.3 Å². The van der Waals surface area contributed by atoms with Crippen molar-refractivity contribution in [1.29, 1.82) is 0 Å². The van der Waals surface area contributed by atoms with Crippen molar-refractivity contribution >= 4 is 27.5 Å². The number of rotatable bonds is 5. The Bertz CT molecular complexity index is 587. The standard InChI is InChI=1S/C15H16BrN3O/c1-11-4-5-13(7-14(11)16)18-10-15(20)19-9-12-3-2-6-17-8-12/h2-8,18H,9-10H2,1H3,(H,19,20). The van der Waals surface area contributed by atoms with Gasteiger partial charge in [-0.2, -0.15) is 0 Å². The first-order valence-corrected chi connectivity index (χ1v) is 7.10. The number of benzene rings is 1. The van der Waals surface area contributed by atoms with Gasteiger partial charge in [-0.15, -0.1) is 0 Å². The first-order chi connectivity index (χ1) is 9.65. The summed E-state index contributed by atoms with van der Waals surface area (Å²) in [5.41, 5.74) is 3.06. The third kappa shape index (κ3) is 4.35. The summed E-state index contributed by atoms with van der Waals surface area (Å²) < 4.78 is 1.03. The van der Waals surface area contributed by atoms with Gasteiger partial charge in [-0.05, 0) is 36.2 Å². The zero-order valence-electron chi connectivity index (χ0n) is 11.2. The molecule has 0 fully saturated rings. The molecule has 20 heavy (non-hydrogen) atoms. The molecule has 2 N–H and O–H groups in total. The Hall–Kier alpha value is -1.88. The van der Waals surface area contributed by atoms with E-state index in [9.17, 15) is 4.79 Å². The number of aromatic nitrogens is 1. The molecule has 0 aliphatic carbocycles. The van der Waals surface area contributed by atoms with E-state index in [0.29, 0.717) is 6.54 Å². The van der Waals surface area contributed by atoms with E-state index in [4.69, 9.17) is 0 Å². The van der Waals surface area contributed by atoms with Gasteiger partial charge in [0.05, 0.1) is 6.54 Å². The fourth-order valence-electron chi connectivity index (χ4n) is 1.65. The zero-order valence-corrected chi connectivity index (χ0v) is 12.8. The van der Waals surface area contributed by atoms with Gasteiger partial charge in [-0.1, -0.05) is 28.1 Å². The van der Waals surface area contributed by atoms with Gasteiger partial charge in [0.15, 0.2) is 0 Å². The fourth-order valence-corrected chi connectivity index (χ4v) is 2.03. The summed E-state index contributed by atoms with van der Waals surface area (Å²) in [6.07, 6.45) is 3.45. The number of carbonyl (C=O) groups is 1. The van der Waals surface area contributed by atoms with E-state index in [1.165, 1.54) is 0 Å². The number of hydrogen-bond donors (Lipinski definition) is 2. The smallest absolute Gasteiger partial charge is 0.239 e. The summed E-state index contributed by atoms with van der Waals surface area (Å²) >= 11 is 3.47. The second kappa shape index (κ2) is 7.05. The highest BCUT2D eigenvalue weighted by atomic mass is 79.9. The van der Waals surface area contributed by atoms with Gasteiger partial charge in [0.2, 0.25) is 5.91 Å². The van der Waals surface area contributed by atoms with Crippen molar-refractivity contribution in [3.05, 3.63) is 58.3 Å². The SMILES string of the molecule is Cc1ccc(NCC(=O)NCc2cccnc2)cc1Br. The highest BCUT2D eigenvalue weighted by molar-refractivity contribution is 9.10. The quantitative estimate of drug-likeness (QED) is 0.884. The minimum atomic E-state index is -0.0504. The van der Waals surface area contributed by atoms with Crippen molar-refractivity contribution in [3.63, 3.8) is 0 Å². The summed E-state index contributed by atoms with van der Waals surface area (Å²) in [4.78, 5) is 15.7. The van der Waals surface area contributed by atoms with E-state index < -0.39 is 0 Å². The minimum absolute atomic E-state index is 0.0504. The van der Waals surface area contributed by atoms with Crippen molar-refractivity contribution in [2.75, 3.05) is 11.9 Å². The lowest BCUT2D eigenvalue weighted by Gasteiger charge is -2.09. The maximum atomic E-state index is 11.7. The van der Waals surface area contributed by atoms with E-state index in [1.807, 2.05) is 37.3 Å². The number of aryl methyl sites for hydroxylation is 1. The fraction of sp³-hybridized carbons (Fsp3) is 0.200. The lowest BCUT2D eigenvalue weighted by Crippen LogP contribution is -2.29. The van der Waals surface area contributed by atoms with Crippen molar-refractivity contribution < 1.29 is 4.79 Å². The Morgan fingerprint density at radius 3 is 2.90 bits per heavy atom. The van der Waals surface area contributed by atoms with Gasteiger partial charge in [-0.25, -0.2) is 0 Å². The first-order valence-electron chi connectivity index (χ1n) is 6.31. The molecule has 0 saturated heterocycles. The molecule has 0 atom stereocenters. The Labute approximate surface area is 126 Å². The molecule has 0 unspecified atom stereocenters. The van der Waals surface area contributed by atoms with Crippen molar-refractivity contribution in [2.45, 2.75) is 13.5 Å². The third-order valence-electron chi connectivity index (χ3n) is 2.84. The number of pyridine rings is 1. The van der Waals surface area contributed by atoms with Gasteiger partial charge in [0, 0.05) is 29.1 Å². The molecular weight excluding hydrogens is 318 g/mol. The molecule has 5 heteroatoms. The summed E-state index contributed by atoms with van der Waals surface area (Å²) in [6, 6.07) is 9.69. The Morgan fingerprint density at radius 2 is 2.20 bits per heavy atom. The molecule has 1 aromatic heterocycles. The van der Waals surface area contributed by atoms with Gasteiger partial charge in [0.25, 0.3) is 0 Å². The predicted octanol–water partition coefficient (Wildman–Crippen LogP) is 2.88. The summed E-state index contributed by atoms with van der Waals surface area (Å²) in [5, 5.41) is 5.93. The van der Waals surface area contributed by atoms with Gasteiger partial charge < -0.3 is 10.6 Å². The molecule has 0 aliphatic rings. The lowest BCUT2D eigenvalue weighted by molar-refractivity contribution is -0.119. The molecule has 2 rings (SSSR count). The molecule has 2 aromatic rings. The Morgan fingerprint density at radius 1 is 1.35 bits per heavy atom. The average Bonchev–Trinajstić information content (AvgIpc) is 2.47. The molecule has 0 aliphatic heterocycles. The molecule has 0 radical (unpaired) electrons. The van der Waals surface area contributed by atoms with Crippen molar-refractivity contribution in [3.8, 4) is 0 Å². The minimum Gasteiger partial charge on any atom is -0.376 e. The van der Waals surface area contributed by atoms with Crippen LogP contribution in [0.3, 0.4) is 0 Å². The molecule has 1 amide bonds. The highest BCUT2D eigenvalue weighted by Gasteiger charge is 2.02. The number of halogens is 1. The number of hydrogen-bond acceptors (Lipinski definition) is 3. The summed E-state index contributed by atoms with van der Waals surface area (Å²) in [7, 11) is 0. The van der Waals surface area contributed by atoms with E-state index in [-0.39, 0.29) is 12.5 Å². The first kappa shape index (κ1) is 14.5. The lowest BCUT2D eigenvalue weighted by atomic mass is 10.2. The molecular formula is C15H16BrN3O. The molecule has 4 nitrogen and oxygen atoms in total. The second-order valence-electron chi connectivity index (χ2n) is 4.46. The molecule has 1 heterocycles. The third-order valence-corrected chi connectivity index (χ3v) is 3.69. The molecule has 0 spiro atoms. The van der Waals surface area contributed by atoms with Gasteiger partial charge in [-0.3, -0.25) is 9.78 Å². The predicted molar refractivity (Wildman–Crippen MR) is 83.5 cm³/mol. The number of nitrogens with one attached hydrogen (secondary N) is 2. The zero-order chi connectivity index (χ0) is 14.4. The van der Waals surface area contributed by atoms with E-state index >= 15 is 0 Å². The highest BCUT2D eigenvalue weighted by Crippen LogP contribution is 2.20. The maximum absolute atomic E-state index is 11.7. The van der Waals surface area contributed by atoms with Crippen LogP contribution in [0, 0.1) is 6.92 Å². The van der Waals surface area contributed by atoms with E-state index in [0.717, 1.165) is 21.3 Å². The second-order valence-corrected chi connectivity index (χ2v) is 5.31. The number of carbonyl (C=O) groups excluding carboxylic acids is 1. The summed E-state index contributed by atoms with van der Waals surface area (Å²) in [6.45, 7) is 2.76. The van der Waals surface area contributed by atoms with E-state index in [1.54, 1.807) is 12.4 Å². The monoisotopic (exact) mass is 333 g/mol. The molecule has 104 valence electrons. The van der Waals surface area contributed by atoms with Crippen LogP contribution in [-0.2, 0) is 11.3 Å². The topological polar surface area (TPSA) is 54.0 Å². The van der Waals surface area contributed by atoms with Crippen molar-refractivity contribution in [2.24, 2.45) is 0 Å². The normalized spacial score (nSPS) is 10.1. The largest absolute Gasteiger partial charge is 0.376 e. The van der Waals surface area contributed by atoms with Crippen LogP contribution in [0.1, 0.15) is 11.1 Å². The number of nitrogens with zero attached hydrogens (tertiary/aromatic N) is 1. The molecule has 0 saturated carbocycles. The molecule has 1 aromatic carbocycles. The van der Waals surface area contributed by atoms with E-state index in [2.05, 4.69) is 31.5 Å². The Balaban J connectivity index is 1.79. The number of amides is 1. The van der Waals surface area contributed by atoms with Crippen LogP contribution < -0.4 is 10.6 Å². The van der Waals surface area contributed by atoms with Gasteiger partial charge in [0.1, 0.15) is 0 Å².